The molecule has 1 atom stereocenters. The highest BCUT2D eigenvalue weighted by Gasteiger charge is 2.45. The summed E-state index contributed by atoms with van der Waals surface area (Å²) in [4.78, 5) is 64.3. The van der Waals surface area contributed by atoms with E-state index in [9.17, 15) is 24.0 Å². The number of benzene rings is 1. The summed E-state index contributed by atoms with van der Waals surface area (Å²) >= 11 is 0. The minimum absolute atomic E-state index is 0.157. The van der Waals surface area contributed by atoms with Crippen LogP contribution in [0.4, 0.5) is 4.79 Å². The molecule has 3 rings (SSSR count). The number of likely N-dealkylation sites (N-methyl/N-ethyl adjacent to an activating group) is 1. The van der Waals surface area contributed by atoms with Gasteiger partial charge in [0.25, 0.3) is 11.8 Å². The molecule has 1 unspecified atom stereocenters. The van der Waals surface area contributed by atoms with Crippen LogP contribution in [0.3, 0.4) is 0 Å². The number of carbonyl (C=O) groups is 5. The van der Waals surface area contributed by atoms with Crippen LogP contribution in [-0.2, 0) is 25.5 Å². The standard InChI is InChI=1S/C25H32N2O7/c1-25(2,3)34-24(32)26(4)12-14-33-13-6-8-16-7-5-9-18-21(16)23(31)27(22(18)30)19-11-10-17(28)15-20(19)29/h5,7,9,19H,6,8,10-15H2,1-4H3. The summed E-state index contributed by atoms with van der Waals surface area (Å²) in [6, 6.07) is 4.26. The predicted octanol–water partition coefficient (Wildman–Crippen LogP) is 2.79. The average molecular weight is 473 g/mol. The number of ketones is 2. The lowest BCUT2D eigenvalue weighted by Crippen LogP contribution is -2.47. The first-order valence-electron chi connectivity index (χ1n) is 11.6. The van der Waals surface area contributed by atoms with Crippen LogP contribution in [-0.4, -0.2) is 77.7 Å². The number of nitrogens with zero attached hydrogens (tertiary/aromatic N) is 2. The van der Waals surface area contributed by atoms with Crippen LogP contribution in [0.5, 0.6) is 0 Å². The molecule has 0 bridgehead atoms. The van der Waals surface area contributed by atoms with E-state index >= 15 is 0 Å². The Morgan fingerprint density at radius 3 is 2.53 bits per heavy atom. The fourth-order valence-corrected chi connectivity index (χ4v) is 4.10. The monoisotopic (exact) mass is 472 g/mol. The first-order chi connectivity index (χ1) is 16.0. The van der Waals surface area contributed by atoms with Crippen molar-refractivity contribution in [3.05, 3.63) is 34.9 Å². The molecule has 184 valence electrons. The zero-order valence-electron chi connectivity index (χ0n) is 20.2. The second kappa shape index (κ2) is 10.5. The lowest BCUT2D eigenvalue weighted by atomic mass is 9.92. The van der Waals surface area contributed by atoms with Gasteiger partial charge < -0.3 is 14.4 Å². The van der Waals surface area contributed by atoms with Gasteiger partial charge in [0.05, 0.1) is 30.2 Å². The highest BCUT2D eigenvalue weighted by molar-refractivity contribution is 6.24. The van der Waals surface area contributed by atoms with Crippen LogP contribution in [0.1, 0.15) is 72.7 Å². The zero-order chi connectivity index (χ0) is 25.0. The zero-order valence-corrected chi connectivity index (χ0v) is 20.2. The number of hydrogen-bond donors (Lipinski definition) is 0. The Kier molecular flexibility index (Phi) is 7.86. The number of carbonyl (C=O) groups excluding carboxylic acids is 5. The third-order valence-electron chi connectivity index (χ3n) is 5.79. The van der Waals surface area contributed by atoms with Crippen molar-refractivity contribution >= 4 is 29.5 Å². The maximum absolute atomic E-state index is 13.1. The summed E-state index contributed by atoms with van der Waals surface area (Å²) in [7, 11) is 1.64. The van der Waals surface area contributed by atoms with E-state index in [1.54, 1.807) is 46.0 Å². The molecule has 1 aliphatic heterocycles. The Morgan fingerprint density at radius 1 is 1.12 bits per heavy atom. The van der Waals surface area contributed by atoms with Crippen molar-refractivity contribution in [3.63, 3.8) is 0 Å². The predicted molar refractivity (Wildman–Crippen MR) is 123 cm³/mol. The molecule has 1 fully saturated rings. The van der Waals surface area contributed by atoms with Gasteiger partial charge >= 0.3 is 6.09 Å². The molecular formula is C25H32N2O7. The molecule has 9 heteroatoms. The van der Waals surface area contributed by atoms with Crippen molar-refractivity contribution in [1.29, 1.82) is 0 Å². The first-order valence-corrected chi connectivity index (χ1v) is 11.6. The third-order valence-corrected chi connectivity index (χ3v) is 5.79. The van der Waals surface area contributed by atoms with Crippen molar-refractivity contribution < 1.29 is 33.4 Å². The first kappa shape index (κ1) is 25.6. The van der Waals surface area contributed by atoms with Gasteiger partial charge in [-0.05, 0) is 51.7 Å². The van der Waals surface area contributed by atoms with E-state index in [4.69, 9.17) is 9.47 Å². The number of Topliss-reactive ketones (excluding diaryl/α,β-unsaturated/α-hetero) is 2. The number of ether oxygens (including phenoxy) is 2. The minimum Gasteiger partial charge on any atom is -0.444 e. The van der Waals surface area contributed by atoms with E-state index in [1.165, 1.54) is 4.90 Å². The molecule has 3 amide bonds. The summed E-state index contributed by atoms with van der Waals surface area (Å²) in [5, 5.41) is 0. The third kappa shape index (κ3) is 5.88. The van der Waals surface area contributed by atoms with Crippen LogP contribution in [0.2, 0.25) is 0 Å². The molecule has 0 saturated heterocycles. The lowest BCUT2D eigenvalue weighted by molar-refractivity contribution is -0.132. The number of hydrogen-bond acceptors (Lipinski definition) is 7. The molecule has 1 aromatic rings. The molecule has 1 heterocycles. The van der Waals surface area contributed by atoms with Crippen LogP contribution in [0.15, 0.2) is 18.2 Å². The molecule has 0 N–H and O–H groups in total. The molecule has 1 aliphatic carbocycles. The molecule has 34 heavy (non-hydrogen) atoms. The highest BCUT2D eigenvalue weighted by atomic mass is 16.6. The van der Waals surface area contributed by atoms with Crippen LogP contribution in [0, 0.1) is 0 Å². The number of rotatable bonds is 8. The average Bonchev–Trinajstić information content (AvgIpc) is 3.00. The largest absolute Gasteiger partial charge is 0.444 e. The van der Waals surface area contributed by atoms with Gasteiger partial charge in [-0.25, -0.2) is 4.79 Å². The van der Waals surface area contributed by atoms with Gasteiger partial charge in [-0.3, -0.25) is 24.1 Å². The van der Waals surface area contributed by atoms with Crippen LogP contribution >= 0.6 is 0 Å². The van der Waals surface area contributed by atoms with Gasteiger partial charge in [-0.2, -0.15) is 0 Å². The topological polar surface area (TPSA) is 110 Å². The SMILES string of the molecule is CN(CCOCCCc1cccc2c1C(=O)N(C1CCC(=O)CC1=O)C2=O)C(=O)OC(C)(C)C. The summed E-state index contributed by atoms with van der Waals surface area (Å²) in [5.74, 6) is -1.48. The van der Waals surface area contributed by atoms with Crippen LogP contribution in [0.25, 0.3) is 0 Å². The van der Waals surface area contributed by atoms with Crippen molar-refractivity contribution in [2.24, 2.45) is 0 Å². The Bertz CT molecular complexity index is 995. The molecule has 1 saturated carbocycles. The van der Waals surface area contributed by atoms with Gasteiger partial charge in [0.15, 0.2) is 5.78 Å². The van der Waals surface area contributed by atoms with Gasteiger partial charge in [0, 0.05) is 26.6 Å². The lowest BCUT2D eigenvalue weighted by Gasteiger charge is -2.27. The fraction of sp³-hybridized carbons (Fsp3) is 0.560. The van der Waals surface area contributed by atoms with Gasteiger partial charge in [-0.15, -0.1) is 0 Å². The van der Waals surface area contributed by atoms with Gasteiger partial charge in [0.2, 0.25) is 0 Å². The molecule has 0 aromatic heterocycles. The van der Waals surface area contributed by atoms with E-state index in [2.05, 4.69) is 0 Å². The van der Waals surface area contributed by atoms with E-state index in [0.29, 0.717) is 43.7 Å². The Labute approximate surface area is 199 Å². The Balaban J connectivity index is 1.52. The number of fused-ring (bicyclic) bond motifs is 1. The van der Waals surface area contributed by atoms with Crippen molar-refractivity contribution in [2.45, 2.75) is 64.5 Å². The number of aryl methyl sites for hydroxylation is 1. The van der Waals surface area contributed by atoms with Crippen LogP contribution < -0.4 is 0 Å². The molecule has 2 aliphatic rings. The van der Waals surface area contributed by atoms with E-state index in [-0.39, 0.29) is 30.8 Å². The number of imide groups is 1. The van der Waals surface area contributed by atoms with Gasteiger partial charge in [0.1, 0.15) is 11.4 Å². The summed E-state index contributed by atoms with van der Waals surface area (Å²) in [6.45, 7) is 6.57. The smallest absolute Gasteiger partial charge is 0.410 e. The van der Waals surface area contributed by atoms with E-state index in [1.807, 2.05) is 0 Å². The maximum Gasteiger partial charge on any atom is 0.410 e. The fourth-order valence-electron chi connectivity index (χ4n) is 4.10. The maximum atomic E-state index is 13.1. The van der Waals surface area contributed by atoms with E-state index in [0.717, 1.165) is 10.5 Å². The van der Waals surface area contributed by atoms with Gasteiger partial charge in [-0.1, -0.05) is 12.1 Å². The highest BCUT2D eigenvalue weighted by Crippen LogP contribution is 2.31. The quantitative estimate of drug-likeness (QED) is 0.325. The second-order valence-corrected chi connectivity index (χ2v) is 9.67. The summed E-state index contributed by atoms with van der Waals surface area (Å²) in [5.41, 5.74) is 0.805. The Morgan fingerprint density at radius 2 is 1.85 bits per heavy atom. The normalized spacial score (nSPS) is 18.4. The second-order valence-electron chi connectivity index (χ2n) is 9.67. The minimum atomic E-state index is -0.872. The number of amides is 3. The van der Waals surface area contributed by atoms with Crippen molar-refractivity contribution in [1.82, 2.24) is 9.80 Å². The molecule has 1 aromatic carbocycles. The molecule has 9 nitrogen and oxygen atoms in total. The van der Waals surface area contributed by atoms with Crippen molar-refractivity contribution in [3.8, 4) is 0 Å². The molecular weight excluding hydrogens is 440 g/mol. The summed E-state index contributed by atoms with van der Waals surface area (Å²) < 4.78 is 10.9. The summed E-state index contributed by atoms with van der Waals surface area (Å²) in [6.07, 6.45) is 0.872. The molecule has 0 spiro atoms. The van der Waals surface area contributed by atoms with E-state index < -0.39 is 29.6 Å². The molecule has 0 radical (unpaired) electrons. The Hall–Kier alpha value is -3.07. The van der Waals surface area contributed by atoms with Crippen molar-refractivity contribution in [2.75, 3.05) is 26.8 Å².